The molecule has 0 aliphatic rings. The molecule has 0 unspecified atom stereocenters. The van der Waals surface area contributed by atoms with Crippen LogP contribution in [0.4, 0.5) is 5.69 Å². The van der Waals surface area contributed by atoms with E-state index >= 15 is 0 Å². The van der Waals surface area contributed by atoms with Crippen molar-refractivity contribution in [3.05, 3.63) is 59.1 Å². The van der Waals surface area contributed by atoms with Crippen LogP contribution < -0.4 is 9.46 Å². The van der Waals surface area contributed by atoms with Crippen molar-refractivity contribution < 1.29 is 17.9 Å². The molecule has 0 aliphatic heterocycles. The molecule has 0 aromatic heterocycles. The van der Waals surface area contributed by atoms with Crippen molar-refractivity contribution in [2.75, 3.05) is 31.2 Å². The van der Waals surface area contributed by atoms with Gasteiger partial charge in [-0.1, -0.05) is 23.7 Å². The molecule has 134 valence electrons. The number of rotatable bonds is 7. The molecular formula is C17H19ClN2O4S. The Balaban J connectivity index is 1.94. The minimum atomic E-state index is -3.39. The Morgan fingerprint density at radius 2 is 1.92 bits per heavy atom. The second kappa shape index (κ2) is 8.22. The number of sulfonamides is 1. The summed E-state index contributed by atoms with van der Waals surface area (Å²) in [5.41, 5.74) is 0.732. The molecule has 2 rings (SSSR count). The SMILES string of the molecule is CN(CCOc1cccc(Cl)c1)C(=O)c1cccc(NS(C)(=O)=O)c1. The first kappa shape index (κ1) is 19.1. The lowest BCUT2D eigenvalue weighted by molar-refractivity contribution is 0.0774. The smallest absolute Gasteiger partial charge is 0.253 e. The Kier molecular flexibility index (Phi) is 6.27. The van der Waals surface area contributed by atoms with Gasteiger partial charge in [0.05, 0.1) is 12.8 Å². The highest BCUT2D eigenvalue weighted by molar-refractivity contribution is 7.92. The van der Waals surface area contributed by atoms with Crippen LogP contribution in [0, 0.1) is 0 Å². The average Bonchev–Trinajstić information content (AvgIpc) is 2.53. The van der Waals surface area contributed by atoms with E-state index in [0.717, 1.165) is 6.26 Å². The molecule has 1 amide bonds. The summed E-state index contributed by atoms with van der Waals surface area (Å²) in [4.78, 5) is 13.9. The minimum Gasteiger partial charge on any atom is -0.492 e. The summed E-state index contributed by atoms with van der Waals surface area (Å²) in [7, 11) is -1.74. The molecular weight excluding hydrogens is 364 g/mol. The van der Waals surface area contributed by atoms with Crippen molar-refractivity contribution in [1.29, 1.82) is 0 Å². The summed E-state index contributed by atoms with van der Waals surface area (Å²) in [6.45, 7) is 0.680. The van der Waals surface area contributed by atoms with E-state index in [9.17, 15) is 13.2 Å². The molecule has 0 atom stereocenters. The van der Waals surface area contributed by atoms with Gasteiger partial charge in [0.15, 0.2) is 0 Å². The fraction of sp³-hybridized carbons (Fsp3) is 0.235. The number of carbonyl (C=O) groups excluding carboxylic acids is 1. The summed E-state index contributed by atoms with van der Waals surface area (Å²) < 4.78 is 30.5. The third kappa shape index (κ3) is 6.28. The maximum absolute atomic E-state index is 12.4. The van der Waals surface area contributed by atoms with Gasteiger partial charge in [-0.3, -0.25) is 9.52 Å². The van der Waals surface area contributed by atoms with E-state index in [1.54, 1.807) is 49.5 Å². The topological polar surface area (TPSA) is 75.7 Å². The summed E-state index contributed by atoms with van der Waals surface area (Å²) in [5.74, 6) is 0.402. The van der Waals surface area contributed by atoms with Gasteiger partial charge in [0, 0.05) is 23.3 Å². The van der Waals surface area contributed by atoms with E-state index in [4.69, 9.17) is 16.3 Å². The Hall–Kier alpha value is -2.25. The van der Waals surface area contributed by atoms with Crippen LogP contribution in [0.2, 0.25) is 5.02 Å². The third-order valence-corrected chi connectivity index (χ3v) is 4.09. The van der Waals surface area contributed by atoms with E-state index in [1.165, 1.54) is 11.0 Å². The summed E-state index contributed by atoms with van der Waals surface area (Å²) in [6.07, 6.45) is 1.06. The van der Waals surface area contributed by atoms with Crippen LogP contribution in [0.1, 0.15) is 10.4 Å². The molecule has 0 saturated carbocycles. The predicted molar refractivity (Wildman–Crippen MR) is 98.8 cm³/mol. The Labute approximate surface area is 152 Å². The van der Waals surface area contributed by atoms with Gasteiger partial charge in [0.25, 0.3) is 5.91 Å². The monoisotopic (exact) mass is 382 g/mol. The van der Waals surface area contributed by atoms with Crippen molar-refractivity contribution in [2.45, 2.75) is 0 Å². The number of amides is 1. The summed E-state index contributed by atoms with van der Waals surface area (Å²) in [5, 5.41) is 0.581. The molecule has 0 bridgehead atoms. The van der Waals surface area contributed by atoms with Crippen LogP contribution in [0.3, 0.4) is 0 Å². The highest BCUT2D eigenvalue weighted by Crippen LogP contribution is 2.17. The number of anilines is 1. The number of benzene rings is 2. The quantitative estimate of drug-likeness (QED) is 0.798. The first-order valence-electron chi connectivity index (χ1n) is 7.46. The normalized spacial score (nSPS) is 11.0. The molecule has 0 saturated heterocycles. The van der Waals surface area contributed by atoms with Gasteiger partial charge in [0.1, 0.15) is 12.4 Å². The lowest BCUT2D eigenvalue weighted by atomic mass is 10.2. The summed E-state index contributed by atoms with van der Waals surface area (Å²) in [6, 6.07) is 13.4. The van der Waals surface area contributed by atoms with Gasteiger partial charge in [-0.25, -0.2) is 8.42 Å². The van der Waals surface area contributed by atoms with Crippen molar-refractivity contribution >= 4 is 33.2 Å². The lowest BCUT2D eigenvalue weighted by Gasteiger charge is -2.18. The zero-order valence-corrected chi connectivity index (χ0v) is 15.5. The fourth-order valence-electron chi connectivity index (χ4n) is 2.11. The predicted octanol–water partition coefficient (Wildman–Crippen LogP) is 2.86. The van der Waals surface area contributed by atoms with Crippen molar-refractivity contribution in [3.8, 4) is 5.75 Å². The lowest BCUT2D eigenvalue weighted by Crippen LogP contribution is -2.30. The molecule has 1 N–H and O–H groups in total. The van der Waals surface area contributed by atoms with Crippen LogP contribution in [-0.2, 0) is 10.0 Å². The molecule has 0 fully saturated rings. The van der Waals surface area contributed by atoms with Crippen LogP contribution in [-0.4, -0.2) is 45.7 Å². The second-order valence-electron chi connectivity index (χ2n) is 5.49. The largest absolute Gasteiger partial charge is 0.492 e. The average molecular weight is 383 g/mol. The third-order valence-electron chi connectivity index (χ3n) is 3.25. The minimum absolute atomic E-state index is 0.230. The van der Waals surface area contributed by atoms with Crippen LogP contribution in [0.15, 0.2) is 48.5 Å². The number of hydrogen-bond donors (Lipinski definition) is 1. The highest BCUT2D eigenvalue weighted by atomic mass is 35.5. The highest BCUT2D eigenvalue weighted by Gasteiger charge is 2.13. The number of likely N-dealkylation sites (N-methyl/N-ethyl adjacent to an activating group) is 1. The van der Waals surface area contributed by atoms with Gasteiger partial charge in [-0.2, -0.15) is 0 Å². The zero-order chi connectivity index (χ0) is 18.4. The number of halogens is 1. The molecule has 0 radical (unpaired) electrons. The number of hydrogen-bond acceptors (Lipinski definition) is 4. The molecule has 2 aromatic rings. The summed E-state index contributed by atoms with van der Waals surface area (Å²) >= 11 is 5.88. The molecule has 8 heteroatoms. The standard InChI is InChI=1S/C17H19ClN2O4S/c1-20(9-10-24-16-8-4-6-14(18)12-16)17(21)13-5-3-7-15(11-13)19-25(2,22)23/h3-8,11-12,19H,9-10H2,1-2H3. The van der Waals surface area contributed by atoms with Crippen molar-refractivity contribution in [2.24, 2.45) is 0 Å². The number of carbonyl (C=O) groups is 1. The Bertz CT molecular complexity index is 855. The van der Waals surface area contributed by atoms with Gasteiger partial charge in [0.2, 0.25) is 10.0 Å². The van der Waals surface area contributed by atoms with E-state index < -0.39 is 10.0 Å². The molecule has 25 heavy (non-hydrogen) atoms. The van der Waals surface area contributed by atoms with Gasteiger partial charge >= 0.3 is 0 Å². The second-order valence-corrected chi connectivity index (χ2v) is 7.67. The first-order chi connectivity index (χ1) is 11.7. The Morgan fingerprint density at radius 3 is 2.60 bits per heavy atom. The molecule has 0 aliphatic carbocycles. The molecule has 0 spiro atoms. The van der Waals surface area contributed by atoms with Gasteiger partial charge < -0.3 is 9.64 Å². The Morgan fingerprint density at radius 1 is 1.20 bits per heavy atom. The van der Waals surface area contributed by atoms with Crippen molar-refractivity contribution in [3.63, 3.8) is 0 Å². The van der Waals surface area contributed by atoms with E-state index in [1.807, 2.05) is 0 Å². The van der Waals surface area contributed by atoms with Crippen LogP contribution >= 0.6 is 11.6 Å². The molecule has 0 heterocycles. The van der Waals surface area contributed by atoms with E-state index in [2.05, 4.69) is 4.72 Å². The zero-order valence-electron chi connectivity index (χ0n) is 13.9. The van der Waals surface area contributed by atoms with Gasteiger partial charge in [-0.15, -0.1) is 0 Å². The molecule has 6 nitrogen and oxygen atoms in total. The van der Waals surface area contributed by atoms with Gasteiger partial charge in [-0.05, 0) is 36.4 Å². The number of nitrogens with zero attached hydrogens (tertiary/aromatic N) is 1. The molecule has 2 aromatic carbocycles. The first-order valence-corrected chi connectivity index (χ1v) is 9.73. The van der Waals surface area contributed by atoms with E-state index in [0.29, 0.717) is 35.2 Å². The fourth-order valence-corrected chi connectivity index (χ4v) is 2.84. The van der Waals surface area contributed by atoms with Crippen LogP contribution in [0.25, 0.3) is 0 Å². The maximum Gasteiger partial charge on any atom is 0.253 e. The number of nitrogens with one attached hydrogen (secondary N) is 1. The number of ether oxygens (including phenoxy) is 1. The van der Waals surface area contributed by atoms with Crippen molar-refractivity contribution in [1.82, 2.24) is 4.90 Å². The van der Waals surface area contributed by atoms with Crippen LogP contribution in [0.5, 0.6) is 5.75 Å². The van der Waals surface area contributed by atoms with E-state index in [-0.39, 0.29) is 5.91 Å². The maximum atomic E-state index is 12.4.